The first-order valence-corrected chi connectivity index (χ1v) is 10.2. The maximum atomic E-state index is 12.2. The van der Waals surface area contributed by atoms with Gasteiger partial charge in [0.15, 0.2) is 0 Å². The minimum absolute atomic E-state index is 0.459. The van der Waals surface area contributed by atoms with Gasteiger partial charge in [0.05, 0.1) is 11.4 Å². The number of nitrogens with one attached hydrogen (secondary N) is 2. The number of carbonyl (C=O) groups is 2. The second kappa shape index (κ2) is 10.1. The molecule has 1 aliphatic carbocycles. The first-order chi connectivity index (χ1) is 14.0. The second-order valence-corrected chi connectivity index (χ2v) is 7.43. The molecule has 0 spiro atoms. The number of halogens is 1. The van der Waals surface area contributed by atoms with Gasteiger partial charge in [-0.2, -0.15) is 0 Å². The number of hydrogen-bond donors (Lipinski definition) is 3. The summed E-state index contributed by atoms with van der Waals surface area (Å²) in [5.74, 6) is -0.568. The van der Waals surface area contributed by atoms with Gasteiger partial charge in [0.25, 0.3) is 5.91 Å². The van der Waals surface area contributed by atoms with Gasteiger partial charge in [-0.15, -0.1) is 0 Å². The molecule has 1 unspecified atom stereocenters. The van der Waals surface area contributed by atoms with Gasteiger partial charge < -0.3 is 10.4 Å². The summed E-state index contributed by atoms with van der Waals surface area (Å²) in [6, 6.07) is 14.3. The lowest BCUT2D eigenvalue weighted by Gasteiger charge is -2.10. The molecule has 1 saturated carbocycles. The summed E-state index contributed by atoms with van der Waals surface area (Å²) in [5, 5.41) is 14.1. The van der Waals surface area contributed by atoms with Gasteiger partial charge >= 0.3 is 6.09 Å². The largest absolute Gasteiger partial charge is 0.465 e. The highest BCUT2D eigenvalue weighted by atomic mass is 35.5. The highest BCUT2D eigenvalue weighted by Gasteiger charge is 2.27. The van der Waals surface area contributed by atoms with Crippen LogP contribution in [-0.4, -0.2) is 29.0 Å². The zero-order valence-electron chi connectivity index (χ0n) is 16.0. The Hall–Kier alpha value is -2.86. The van der Waals surface area contributed by atoms with E-state index < -0.39 is 18.2 Å². The summed E-state index contributed by atoms with van der Waals surface area (Å²) in [6.45, 7) is 0. The van der Waals surface area contributed by atoms with E-state index in [0.29, 0.717) is 22.0 Å². The van der Waals surface area contributed by atoms with Crippen LogP contribution >= 0.6 is 11.6 Å². The standard InChI is InChI=1S/C16H12ClN3O3.C6H12/c17-10-6-7-11-12(8-10)18-15(21)14(20-16(22)23)19-13(11)9-4-2-1-3-5-9;1-2-4-6-5-3-1/h1-8,14,20H,(H,18,21)(H,22,23);1-6H2. The van der Waals surface area contributed by atoms with Gasteiger partial charge in [-0.3, -0.25) is 10.1 Å². The number of anilines is 1. The van der Waals surface area contributed by atoms with E-state index in [9.17, 15) is 9.59 Å². The van der Waals surface area contributed by atoms with Crippen LogP contribution in [-0.2, 0) is 4.79 Å². The van der Waals surface area contributed by atoms with Gasteiger partial charge in [0, 0.05) is 16.1 Å². The number of amides is 2. The Morgan fingerprint density at radius 2 is 1.66 bits per heavy atom. The average Bonchev–Trinajstić information content (AvgIpc) is 2.86. The molecule has 2 aromatic rings. The summed E-state index contributed by atoms with van der Waals surface area (Å²) in [6.07, 6.45) is 6.43. The van der Waals surface area contributed by atoms with Crippen molar-refractivity contribution in [2.75, 3.05) is 5.32 Å². The monoisotopic (exact) mass is 413 g/mol. The lowest BCUT2D eigenvalue weighted by molar-refractivity contribution is -0.117. The van der Waals surface area contributed by atoms with Crippen LogP contribution in [0.2, 0.25) is 5.02 Å². The highest BCUT2D eigenvalue weighted by Crippen LogP contribution is 2.27. The van der Waals surface area contributed by atoms with E-state index in [-0.39, 0.29) is 0 Å². The van der Waals surface area contributed by atoms with Crippen molar-refractivity contribution in [3.05, 3.63) is 64.7 Å². The van der Waals surface area contributed by atoms with E-state index >= 15 is 0 Å². The average molecular weight is 414 g/mol. The lowest BCUT2D eigenvalue weighted by atomic mass is 10.0. The fourth-order valence-electron chi connectivity index (χ4n) is 3.39. The van der Waals surface area contributed by atoms with E-state index in [1.165, 1.54) is 38.5 Å². The first kappa shape index (κ1) is 20.9. The molecular weight excluding hydrogens is 390 g/mol. The number of nitrogens with zero attached hydrogens (tertiary/aromatic N) is 1. The van der Waals surface area contributed by atoms with Crippen LogP contribution in [0.1, 0.15) is 49.7 Å². The van der Waals surface area contributed by atoms with Crippen LogP contribution in [0.5, 0.6) is 0 Å². The second-order valence-electron chi connectivity index (χ2n) is 7.00. The molecule has 1 atom stereocenters. The van der Waals surface area contributed by atoms with Crippen LogP contribution in [0.4, 0.5) is 10.5 Å². The molecule has 3 N–H and O–H groups in total. The van der Waals surface area contributed by atoms with Crippen LogP contribution in [0, 0.1) is 0 Å². The predicted octanol–water partition coefficient (Wildman–Crippen LogP) is 5.06. The molecule has 1 heterocycles. The van der Waals surface area contributed by atoms with Crippen LogP contribution in [0.15, 0.2) is 53.5 Å². The Balaban J connectivity index is 0.000000343. The van der Waals surface area contributed by atoms with Gasteiger partial charge in [-0.1, -0.05) is 80.5 Å². The fraction of sp³-hybridized carbons (Fsp3) is 0.318. The molecular formula is C22H24ClN3O3. The number of carbonyl (C=O) groups excluding carboxylic acids is 1. The van der Waals surface area contributed by atoms with Crippen LogP contribution in [0.25, 0.3) is 0 Å². The van der Waals surface area contributed by atoms with Crippen molar-refractivity contribution in [3.8, 4) is 0 Å². The van der Waals surface area contributed by atoms with E-state index in [4.69, 9.17) is 16.7 Å². The van der Waals surface area contributed by atoms with E-state index in [0.717, 1.165) is 5.56 Å². The molecule has 2 amide bonds. The minimum atomic E-state index is -1.33. The summed E-state index contributed by atoms with van der Waals surface area (Å²) in [5.41, 5.74) is 2.43. The molecule has 0 aromatic heterocycles. The van der Waals surface area contributed by atoms with Gasteiger partial charge in [-0.25, -0.2) is 9.79 Å². The molecule has 7 heteroatoms. The molecule has 6 nitrogen and oxygen atoms in total. The number of fused-ring (bicyclic) bond motifs is 1. The van der Waals surface area contributed by atoms with Crippen molar-refractivity contribution >= 4 is 35.0 Å². The Labute approximate surface area is 175 Å². The quantitative estimate of drug-likeness (QED) is 0.642. The summed E-state index contributed by atoms with van der Waals surface area (Å²) < 4.78 is 0. The van der Waals surface area contributed by atoms with Crippen LogP contribution < -0.4 is 10.6 Å². The number of benzene rings is 2. The topological polar surface area (TPSA) is 90.8 Å². The molecule has 2 aliphatic rings. The molecule has 29 heavy (non-hydrogen) atoms. The predicted molar refractivity (Wildman–Crippen MR) is 115 cm³/mol. The Bertz CT molecular complexity index is 884. The number of benzodiazepines with no additional fused rings is 1. The molecule has 1 fully saturated rings. The third-order valence-corrected chi connectivity index (χ3v) is 5.04. The van der Waals surface area contributed by atoms with Crippen molar-refractivity contribution in [1.82, 2.24) is 5.32 Å². The molecule has 4 rings (SSSR count). The van der Waals surface area contributed by atoms with Crippen LogP contribution in [0.3, 0.4) is 0 Å². The summed E-state index contributed by atoms with van der Waals surface area (Å²) in [7, 11) is 0. The van der Waals surface area contributed by atoms with Gasteiger partial charge in [0.1, 0.15) is 0 Å². The van der Waals surface area contributed by atoms with Crippen molar-refractivity contribution in [1.29, 1.82) is 0 Å². The molecule has 2 aromatic carbocycles. The third kappa shape index (κ3) is 5.81. The number of rotatable bonds is 2. The van der Waals surface area contributed by atoms with Gasteiger partial charge in [-0.05, 0) is 18.2 Å². The van der Waals surface area contributed by atoms with Crippen molar-refractivity contribution in [2.24, 2.45) is 4.99 Å². The summed E-state index contributed by atoms with van der Waals surface area (Å²) in [4.78, 5) is 27.4. The fourth-order valence-corrected chi connectivity index (χ4v) is 3.56. The number of hydrogen-bond acceptors (Lipinski definition) is 3. The number of aliphatic imine (C=N–C) groups is 1. The summed E-state index contributed by atoms with van der Waals surface area (Å²) >= 11 is 5.99. The zero-order chi connectivity index (χ0) is 20.6. The molecule has 1 aliphatic heterocycles. The lowest BCUT2D eigenvalue weighted by Crippen LogP contribution is -2.41. The smallest absolute Gasteiger partial charge is 0.406 e. The highest BCUT2D eigenvalue weighted by molar-refractivity contribution is 6.31. The third-order valence-electron chi connectivity index (χ3n) is 4.81. The Kier molecular flexibility index (Phi) is 7.25. The van der Waals surface area contributed by atoms with Crippen molar-refractivity contribution in [2.45, 2.75) is 44.7 Å². The Morgan fingerprint density at radius 3 is 2.24 bits per heavy atom. The van der Waals surface area contributed by atoms with E-state index in [1.807, 2.05) is 30.3 Å². The molecule has 0 saturated heterocycles. The molecule has 0 bridgehead atoms. The number of carboxylic acid groups (broad SMARTS) is 1. The Morgan fingerprint density at radius 1 is 1.03 bits per heavy atom. The van der Waals surface area contributed by atoms with Crippen molar-refractivity contribution < 1.29 is 14.7 Å². The first-order valence-electron chi connectivity index (χ1n) is 9.78. The SMILES string of the molecule is C1CCCCC1.O=C(O)NC1N=C(c2ccccc2)c2ccc(Cl)cc2NC1=O. The molecule has 152 valence electrons. The normalized spacial score (nSPS) is 18.2. The van der Waals surface area contributed by atoms with E-state index in [2.05, 4.69) is 15.6 Å². The zero-order valence-corrected chi connectivity index (χ0v) is 16.8. The van der Waals surface area contributed by atoms with E-state index in [1.54, 1.807) is 18.2 Å². The molecule has 0 radical (unpaired) electrons. The van der Waals surface area contributed by atoms with Gasteiger partial charge in [0.2, 0.25) is 6.17 Å². The van der Waals surface area contributed by atoms with Crippen molar-refractivity contribution in [3.63, 3.8) is 0 Å². The minimum Gasteiger partial charge on any atom is -0.465 e. The maximum Gasteiger partial charge on any atom is 0.406 e. The maximum absolute atomic E-state index is 12.2.